The van der Waals surface area contributed by atoms with Crippen LogP contribution in [0.1, 0.15) is 11.3 Å². The Morgan fingerprint density at radius 3 is 2.83 bits per heavy atom. The highest BCUT2D eigenvalue weighted by atomic mass is 35.5. The van der Waals surface area contributed by atoms with Crippen molar-refractivity contribution in [2.45, 2.75) is 13.0 Å². The van der Waals surface area contributed by atoms with Crippen LogP contribution in [0.15, 0.2) is 30.6 Å². The molecule has 1 aliphatic heterocycles. The third-order valence-corrected chi connectivity index (χ3v) is 3.24. The second-order valence-electron chi connectivity index (χ2n) is 4.21. The lowest BCUT2D eigenvalue weighted by atomic mass is 10.1. The predicted octanol–water partition coefficient (Wildman–Crippen LogP) is 2.52. The topological polar surface area (TPSA) is 49.8 Å². The van der Waals surface area contributed by atoms with Gasteiger partial charge in [0, 0.05) is 22.8 Å². The Labute approximate surface area is 110 Å². The van der Waals surface area contributed by atoms with Gasteiger partial charge in [0.25, 0.3) is 0 Å². The standard InChI is InChI=1S/C13H13ClN4/c14-9-1-3-10(4-2-9)18-13-11-5-6-15-7-12(11)16-8-17-13/h1-4,8,15H,5-7H2,(H,16,17,18). The van der Waals surface area contributed by atoms with Crippen LogP contribution in [0, 0.1) is 0 Å². The lowest BCUT2D eigenvalue weighted by Crippen LogP contribution is -2.25. The fourth-order valence-corrected chi connectivity index (χ4v) is 2.19. The number of hydrogen-bond acceptors (Lipinski definition) is 4. The van der Waals surface area contributed by atoms with Gasteiger partial charge in [-0.2, -0.15) is 0 Å². The van der Waals surface area contributed by atoms with Crippen LogP contribution >= 0.6 is 11.6 Å². The van der Waals surface area contributed by atoms with E-state index in [1.807, 2.05) is 24.3 Å². The zero-order valence-electron chi connectivity index (χ0n) is 9.78. The average molecular weight is 261 g/mol. The quantitative estimate of drug-likeness (QED) is 0.871. The fraction of sp³-hybridized carbons (Fsp3) is 0.231. The van der Waals surface area contributed by atoms with Crippen LogP contribution in [0.5, 0.6) is 0 Å². The average Bonchev–Trinajstić information content (AvgIpc) is 2.42. The number of aromatic nitrogens is 2. The molecule has 92 valence electrons. The molecule has 2 aromatic rings. The van der Waals surface area contributed by atoms with Gasteiger partial charge in [0.05, 0.1) is 5.69 Å². The zero-order chi connectivity index (χ0) is 12.4. The van der Waals surface area contributed by atoms with E-state index in [1.165, 1.54) is 5.56 Å². The molecule has 1 aliphatic rings. The Hall–Kier alpha value is -1.65. The van der Waals surface area contributed by atoms with Crippen molar-refractivity contribution in [2.75, 3.05) is 11.9 Å². The number of rotatable bonds is 2. The second-order valence-corrected chi connectivity index (χ2v) is 4.64. The van der Waals surface area contributed by atoms with E-state index in [4.69, 9.17) is 11.6 Å². The van der Waals surface area contributed by atoms with Gasteiger partial charge in [0.2, 0.25) is 0 Å². The van der Waals surface area contributed by atoms with Crippen molar-refractivity contribution in [2.24, 2.45) is 0 Å². The summed E-state index contributed by atoms with van der Waals surface area (Å²) < 4.78 is 0. The van der Waals surface area contributed by atoms with Crippen molar-refractivity contribution >= 4 is 23.1 Å². The molecule has 0 saturated heterocycles. The lowest BCUT2D eigenvalue weighted by Gasteiger charge is -2.19. The van der Waals surface area contributed by atoms with Gasteiger partial charge < -0.3 is 10.6 Å². The van der Waals surface area contributed by atoms with Gasteiger partial charge in [0.15, 0.2) is 0 Å². The number of benzene rings is 1. The maximum atomic E-state index is 5.87. The molecule has 0 atom stereocenters. The summed E-state index contributed by atoms with van der Waals surface area (Å²) in [6.45, 7) is 1.78. The van der Waals surface area contributed by atoms with Crippen LogP contribution in [0.3, 0.4) is 0 Å². The van der Waals surface area contributed by atoms with E-state index in [1.54, 1.807) is 6.33 Å². The van der Waals surface area contributed by atoms with E-state index in [0.29, 0.717) is 0 Å². The molecule has 0 saturated carbocycles. The minimum Gasteiger partial charge on any atom is -0.340 e. The van der Waals surface area contributed by atoms with Crippen molar-refractivity contribution in [1.29, 1.82) is 0 Å². The van der Waals surface area contributed by atoms with Crippen LogP contribution < -0.4 is 10.6 Å². The molecule has 0 aliphatic carbocycles. The smallest absolute Gasteiger partial charge is 0.137 e. The molecule has 2 heterocycles. The third-order valence-electron chi connectivity index (χ3n) is 2.99. The van der Waals surface area contributed by atoms with Crippen molar-refractivity contribution in [1.82, 2.24) is 15.3 Å². The minimum absolute atomic E-state index is 0.731. The first kappa shape index (κ1) is 11.4. The summed E-state index contributed by atoms with van der Waals surface area (Å²) in [4.78, 5) is 8.63. The van der Waals surface area contributed by atoms with E-state index < -0.39 is 0 Å². The van der Waals surface area contributed by atoms with Gasteiger partial charge in [-0.15, -0.1) is 0 Å². The van der Waals surface area contributed by atoms with Crippen molar-refractivity contribution < 1.29 is 0 Å². The van der Waals surface area contributed by atoms with Crippen LogP contribution in [0.2, 0.25) is 5.02 Å². The maximum absolute atomic E-state index is 5.87. The Kier molecular flexibility index (Phi) is 3.13. The van der Waals surface area contributed by atoms with Gasteiger partial charge in [-0.1, -0.05) is 11.6 Å². The van der Waals surface area contributed by atoms with Crippen LogP contribution in [0.4, 0.5) is 11.5 Å². The zero-order valence-corrected chi connectivity index (χ0v) is 10.5. The number of anilines is 2. The van der Waals surface area contributed by atoms with Crippen molar-refractivity contribution in [3.05, 3.63) is 46.9 Å². The van der Waals surface area contributed by atoms with E-state index in [2.05, 4.69) is 20.6 Å². The molecule has 0 spiro atoms. The van der Waals surface area contributed by atoms with Gasteiger partial charge in [0.1, 0.15) is 12.1 Å². The summed E-state index contributed by atoms with van der Waals surface area (Å²) in [5.41, 5.74) is 3.26. The summed E-state index contributed by atoms with van der Waals surface area (Å²) in [6, 6.07) is 7.61. The highest BCUT2D eigenvalue weighted by molar-refractivity contribution is 6.30. The summed E-state index contributed by atoms with van der Waals surface area (Å²) in [7, 11) is 0. The number of halogens is 1. The Bertz CT molecular complexity index is 553. The third kappa shape index (κ3) is 2.30. The molecule has 1 aromatic heterocycles. The first-order valence-corrected chi connectivity index (χ1v) is 6.27. The molecule has 0 unspecified atom stereocenters. The van der Waals surface area contributed by atoms with Gasteiger partial charge in [-0.05, 0) is 37.2 Å². The molecule has 0 fully saturated rings. The largest absolute Gasteiger partial charge is 0.340 e. The van der Waals surface area contributed by atoms with E-state index in [0.717, 1.165) is 41.7 Å². The summed E-state index contributed by atoms with van der Waals surface area (Å²) in [6.07, 6.45) is 2.55. The van der Waals surface area contributed by atoms with E-state index in [-0.39, 0.29) is 0 Å². The molecule has 4 nitrogen and oxygen atoms in total. The highest BCUT2D eigenvalue weighted by Crippen LogP contribution is 2.23. The molecule has 18 heavy (non-hydrogen) atoms. The monoisotopic (exact) mass is 260 g/mol. The van der Waals surface area contributed by atoms with Gasteiger partial charge in [-0.25, -0.2) is 9.97 Å². The van der Waals surface area contributed by atoms with Crippen molar-refractivity contribution in [3.8, 4) is 0 Å². The molecular weight excluding hydrogens is 248 g/mol. The van der Waals surface area contributed by atoms with Crippen LogP contribution in [0.25, 0.3) is 0 Å². The molecular formula is C13H13ClN4. The second kappa shape index (κ2) is 4.92. The number of fused-ring (bicyclic) bond motifs is 1. The Balaban J connectivity index is 1.90. The summed E-state index contributed by atoms with van der Waals surface area (Å²) in [5, 5.41) is 7.36. The molecule has 0 amide bonds. The first-order valence-electron chi connectivity index (χ1n) is 5.89. The maximum Gasteiger partial charge on any atom is 0.137 e. The normalized spacial score (nSPS) is 14.1. The molecule has 0 bridgehead atoms. The molecule has 2 N–H and O–H groups in total. The fourth-order valence-electron chi connectivity index (χ4n) is 2.06. The molecule has 0 radical (unpaired) electrons. The molecule has 1 aromatic carbocycles. The van der Waals surface area contributed by atoms with E-state index in [9.17, 15) is 0 Å². The van der Waals surface area contributed by atoms with Gasteiger partial charge in [-0.3, -0.25) is 0 Å². The SMILES string of the molecule is Clc1ccc(Nc2ncnc3c2CCNC3)cc1. The van der Waals surface area contributed by atoms with Crippen LogP contribution in [-0.4, -0.2) is 16.5 Å². The first-order chi connectivity index (χ1) is 8.83. The Morgan fingerprint density at radius 2 is 2.00 bits per heavy atom. The number of hydrogen-bond donors (Lipinski definition) is 2. The van der Waals surface area contributed by atoms with E-state index >= 15 is 0 Å². The summed E-state index contributed by atoms with van der Waals surface area (Å²) in [5.74, 6) is 0.892. The molecule has 3 rings (SSSR count). The van der Waals surface area contributed by atoms with Crippen LogP contribution in [-0.2, 0) is 13.0 Å². The minimum atomic E-state index is 0.731. The highest BCUT2D eigenvalue weighted by Gasteiger charge is 2.14. The predicted molar refractivity (Wildman–Crippen MR) is 72.2 cm³/mol. The van der Waals surface area contributed by atoms with Gasteiger partial charge >= 0.3 is 0 Å². The summed E-state index contributed by atoms with van der Waals surface area (Å²) >= 11 is 5.87. The molecule has 5 heteroatoms. The lowest BCUT2D eigenvalue weighted by molar-refractivity contribution is 0.624. The Morgan fingerprint density at radius 1 is 1.17 bits per heavy atom. The van der Waals surface area contributed by atoms with Crippen molar-refractivity contribution in [3.63, 3.8) is 0 Å². The number of nitrogens with one attached hydrogen (secondary N) is 2. The number of nitrogens with zero attached hydrogens (tertiary/aromatic N) is 2.